The summed E-state index contributed by atoms with van der Waals surface area (Å²) in [6.45, 7) is 19.8. The van der Waals surface area contributed by atoms with Crippen LogP contribution in [0.3, 0.4) is 0 Å². The van der Waals surface area contributed by atoms with Crippen LogP contribution in [0.4, 0.5) is 4.39 Å². The fourth-order valence-electron chi connectivity index (χ4n) is 3.91. The van der Waals surface area contributed by atoms with Crippen LogP contribution in [-0.2, 0) is 17.9 Å². The first-order valence-corrected chi connectivity index (χ1v) is 12.5. The third kappa shape index (κ3) is 9.28. The molecule has 7 nitrogen and oxygen atoms in total. The van der Waals surface area contributed by atoms with E-state index in [-0.39, 0.29) is 24.7 Å². The third-order valence-electron chi connectivity index (χ3n) is 6.18. The number of nitrogens with two attached hydrogens (primary N) is 1. The zero-order chi connectivity index (χ0) is 29.3. The number of hydrogen-bond acceptors (Lipinski definition) is 6. The van der Waals surface area contributed by atoms with Crippen LogP contribution >= 0.6 is 0 Å². The molecule has 208 valence electrons. The topological polar surface area (TPSA) is 102 Å². The van der Waals surface area contributed by atoms with Gasteiger partial charge in [-0.3, -0.25) is 14.7 Å². The van der Waals surface area contributed by atoms with E-state index in [1.807, 2.05) is 31.2 Å². The van der Waals surface area contributed by atoms with Crippen molar-refractivity contribution in [2.24, 2.45) is 5.84 Å². The van der Waals surface area contributed by atoms with Gasteiger partial charge in [0.1, 0.15) is 11.6 Å². The smallest absolute Gasteiger partial charge is 0.317 e. The largest absolute Gasteiger partial charge is 0.508 e. The number of nitrogens with one attached hydrogen (secondary N) is 1. The lowest BCUT2D eigenvalue weighted by Crippen LogP contribution is -2.38. The number of aliphatic carboxylic acids is 1. The van der Waals surface area contributed by atoms with Gasteiger partial charge in [-0.15, -0.1) is 0 Å². The highest BCUT2D eigenvalue weighted by Gasteiger charge is 2.17. The summed E-state index contributed by atoms with van der Waals surface area (Å²) in [6, 6.07) is 10.6. The molecular weight excluding hydrogens is 495 g/mol. The maximum Gasteiger partial charge on any atom is 0.317 e. The predicted octanol–water partition coefficient (Wildman–Crippen LogP) is 5.70. The summed E-state index contributed by atoms with van der Waals surface area (Å²) in [6.07, 6.45) is 3.35. The molecule has 0 aliphatic heterocycles. The van der Waals surface area contributed by atoms with Crippen LogP contribution in [0.5, 0.6) is 0 Å². The lowest BCUT2D eigenvalue weighted by Gasteiger charge is -2.28. The molecule has 0 fully saturated rings. The molecule has 0 aliphatic carbocycles. The van der Waals surface area contributed by atoms with Crippen LogP contribution in [0.25, 0.3) is 5.76 Å². The minimum Gasteiger partial charge on any atom is -0.508 e. The van der Waals surface area contributed by atoms with Gasteiger partial charge in [0, 0.05) is 42.3 Å². The molecule has 2 aromatic rings. The number of rotatable bonds is 14. The molecule has 0 radical (unpaired) electrons. The molecule has 0 heterocycles. The van der Waals surface area contributed by atoms with Crippen LogP contribution in [0.1, 0.15) is 41.7 Å². The average Bonchev–Trinajstić information content (AvgIpc) is 2.87. The summed E-state index contributed by atoms with van der Waals surface area (Å²) >= 11 is 0. The van der Waals surface area contributed by atoms with Gasteiger partial charge < -0.3 is 15.5 Å². The molecule has 39 heavy (non-hydrogen) atoms. The van der Waals surface area contributed by atoms with E-state index in [0.717, 1.165) is 22.3 Å². The number of allylic oxidation sites excluding steroid dienone is 3. The average molecular weight is 535 g/mol. The fourth-order valence-corrected chi connectivity index (χ4v) is 3.91. The Bertz CT molecular complexity index is 1310. The Morgan fingerprint density at radius 2 is 1.72 bits per heavy atom. The molecule has 0 bridgehead atoms. The van der Waals surface area contributed by atoms with Gasteiger partial charge in [0.25, 0.3) is 0 Å². The highest BCUT2D eigenvalue weighted by atomic mass is 19.1. The summed E-state index contributed by atoms with van der Waals surface area (Å²) < 4.78 is 13.9. The summed E-state index contributed by atoms with van der Waals surface area (Å²) in [7, 11) is 0. The van der Waals surface area contributed by atoms with Crippen molar-refractivity contribution < 1.29 is 19.4 Å². The van der Waals surface area contributed by atoms with E-state index in [0.29, 0.717) is 41.3 Å². The Hall–Kier alpha value is -4.14. The quantitative estimate of drug-likeness (QED) is 0.107. The van der Waals surface area contributed by atoms with E-state index in [9.17, 15) is 19.4 Å². The fraction of sp³-hybridized carbons (Fsp3) is 0.258. The van der Waals surface area contributed by atoms with Gasteiger partial charge in [-0.25, -0.2) is 10.2 Å². The Balaban J connectivity index is 2.25. The molecule has 0 saturated heterocycles. The highest BCUT2D eigenvalue weighted by Crippen LogP contribution is 2.21. The van der Waals surface area contributed by atoms with Crippen LogP contribution in [0.15, 0.2) is 91.0 Å². The first-order valence-electron chi connectivity index (χ1n) is 12.5. The lowest BCUT2D eigenvalue weighted by molar-refractivity contribution is -0.138. The minimum absolute atomic E-state index is 0.187. The van der Waals surface area contributed by atoms with Crippen molar-refractivity contribution >= 4 is 11.7 Å². The van der Waals surface area contributed by atoms with Gasteiger partial charge >= 0.3 is 5.97 Å². The van der Waals surface area contributed by atoms with Gasteiger partial charge in [-0.05, 0) is 73.7 Å². The summed E-state index contributed by atoms with van der Waals surface area (Å²) in [5.41, 5.74) is 5.99. The summed E-state index contributed by atoms with van der Waals surface area (Å²) in [4.78, 5) is 13.4. The molecule has 0 aliphatic rings. The van der Waals surface area contributed by atoms with Gasteiger partial charge in [0.05, 0.1) is 6.54 Å². The van der Waals surface area contributed by atoms with Crippen molar-refractivity contribution in [2.75, 3.05) is 13.1 Å². The minimum atomic E-state index is -0.983. The first kappa shape index (κ1) is 31.1. The van der Waals surface area contributed by atoms with E-state index in [1.54, 1.807) is 43.9 Å². The van der Waals surface area contributed by atoms with E-state index in [4.69, 9.17) is 5.84 Å². The van der Waals surface area contributed by atoms with Gasteiger partial charge in [-0.1, -0.05) is 50.1 Å². The number of hydrogen-bond donors (Lipinski definition) is 4. The van der Waals surface area contributed by atoms with Crippen LogP contribution in [-0.4, -0.2) is 39.2 Å². The first-order chi connectivity index (χ1) is 18.3. The number of hydrazine groups is 1. The number of aliphatic hydroxyl groups is 1. The molecule has 2 aromatic carbocycles. The summed E-state index contributed by atoms with van der Waals surface area (Å²) in [5.74, 6) is 5.22. The van der Waals surface area contributed by atoms with Crippen molar-refractivity contribution in [3.63, 3.8) is 0 Å². The number of halogens is 1. The van der Waals surface area contributed by atoms with Crippen molar-refractivity contribution in [3.05, 3.63) is 125 Å². The second kappa shape index (κ2) is 14.1. The normalized spacial score (nSPS) is 11.9. The number of aryl methyl sites for hydroxylation is 2. The Morgan fingerprint density at radius 1 is 1.05 bits per heavy atom. The third-order valence-corrected chi connectivity index (χ3v) is 6.18. The molecule has 0 unspecified atom stereocenters. The molecule has 5 N–H and O–H groups in total. The van der Waals surface area contributed by atoms with E-state index in [2.05, 4.69) is 25.1 Å². The number of carbonyl (C=O) groups is 1. The molecule has 8 heteroatoms. The second-order valence-corrected chi connectivity index (χ2v) is 9.54. The van der Waals surface area contributed by atoms with E-state index < -0.39 is 5.97 Å². The van der Waals surface area contributed by atoms with Gasteiger partial charge in [0.2, 0.25) is 0 Å². The number of benzene rings is 2. The Kier molecular flexibility index (Phi) is 11.3. The molecule has 0 amide bonds. The highest BCUT2D eigenvalue weighted by molar-refractivity contribution is 5.69. The summed E-state index contributed by atoms with van der Waals surface area (Å²) in [5, 5.41) is 24.2. The van der Waals surface area contributed by atoms with E-state index in [1.165, 1.54) is 11.1 Å². The number of carboxylic acid groups (broad SMARTS) is 1. The number of aliphatic hydroxyl groups excluding tert-OH is 1. The number of carboxylic acids is 1. The van der Waals surface area contributed by atoms with Gasteiger partial charge in [-0.2, -0.15) is 0 Å². The number of nitrogens with zero attached hydrogens (tertiary/aromatic N) is 2. The van der Waals surface area contributed by atoms with Crippen molar-refractivity contribution in [3.8, 4) is 0 Å². The monoisotopic (exact) mass is 534 g/mol. The molecule has 2 rings (SSSR count). The predicted molar refractivity (Wildman–Crippen MR) is 156 cm³/mol. The molecular formula is C31H39FN4O3. The van der Waals surface area contributed by atoms with Crippen LogP contribution < -0.4 is 11.2 Å². The van der Waals surface area contributed by atoms with Crippen molar-refractivity contribution in [1.82, 2.24) is 15.2 Å². The maximum atomic E-state index is 13.9. The zero-order valence-electron chi connectivity index (χ0n) is 23.2. The SMILES string of the molecule is C=C(/C=C(/CN(CC(=O)O)Cc1ccc(/C(O)=C/C)c(C)c1)N(N)C(=C)C)C(=C)NCc1ccc(C)c(F)c1. The van der Waals surface area contributed by atoms with Gasteiger partial charge in [0.15, 0.2) is 0 Å². The lowest BCUT2D eigenvalue weighted by atomic mass is 10.0. The Labute approximate surface area is 230 Å². The van der Waals surface area contributed by atoms with E-state index >= 15 is 0 Å². The van der Waals surface area contributed by atoms with Crippen molar-refractivity contribution in [1.29, 1.82) is 0 Å². The van der Waals surface area contributed by atoms with Crippen molar-refractivity contribution in [2.45, 2.75) is 40.8 Å². The molecule has 0 aromatic heterocycles. The van der Waals surface area contributed by atoms with Crippen LogP contribution in [0, 0.1) is 19.7 Å². The zero-order valence-corrected chi connectivity index (χ0v) is 23.2. The van der Waals surface area contributed by atoms with Crippen LogP contribution in [0.2, 0.25) is 0 Å². The molecule has 0 spiro atoms. The maximum absolute atomic E-state index is 13.9. The molecule has 0 atom stereocenters. The Morgan fingerprint density at radius 3 is 2.28 bits per heavy atom. The second-order valence-electron chi connectivity index (χ2n) is 9.54. The molecule has 0 saturated carbocycles. The standard InChI is InChI=1S/C31H39FN4O3/c1-8-30(37)28-12-11-26(13-23(28)6)17-35(19-31(38)39)18-27(36(33)20(2)3)14-22(5)24(7)34-16-25-10-9-21(4)29(32)15-25/h8-15,34,37H,2,5,7,16-19,33H2,1,3-4,6H3,(H,38,39)/b27-14-,30-8-.